The zero-order chi connectivity index (χ0) is 33.0. The molecule has 2 aliphatic heterocycles. The molecule has 2 atom stereocenters. The predicted octanol–water partition coefficient (Wildman–Crippen LogP) is 10.5. The lowest BCUT2D eigenvalue weighted by molar-refractivity contribution is 0.377. The second kappa shape index (κ2) is 11.6. The topological polar surface area (TPSA) is 60.3 Å². The Labute approximate surface area is 286 Å². The molecule has 5 heteroatoms. The Balaban J connectivity index is 1.24. The fourth-order valence-corrected chi connectivity index (χ4v) is 7.42. The fourth-order valence-electron chi connectivity index (χ4n) is 7.42. The molecular formula is C44H34N4O. The highest BCUT2D eigenvalue weighted by Crippen LogP contribution is 2.56. The number of aromatic nitrogens is 3. The molecule has 0 amide bonds. The van der Waals surface area contributed by atoms with Gasteiger partial charge in [-0.2, -0.15) is 0 Å². The minimum absolute atomic E-state index is 0.299. The summed E-state index contributed by atoms with van der Waals surface area (Å²) in [6.07, 6.45) is 14.0. The molecule has 49 heavy (non-hydrogen) atoms. The van der Waals surface area contributed by atoms with E-state index in [0.29, 0.717) is 5.92 Å². The van der Waals surface area contributed by atoms with Gasteiger partial charge in [-0.05, 0) is 90.4 Å². The Morgan fingerprint density at radius 1 is 0.755 bits per heavy atom. The highest BCUT2D eigenvalue weighted by atomic mass is 16.5. The van der Waals surface area contributed by atoms with Gasteiger partial charge in [0.15, 0.2) is 5.75 Å². The van der Waals surface area contributed by atoms with Gasteiger partial charge in [-0.25, -0.2) is 9.97 Å². The first-order valence-corrected chi connectivity index (χ1v) is 16.9. The molecule has 5 heterocycles. The van der Waals surface area contributed by atoms with E-state index >= 15 is 0 Å². The molecule has 0 radical (unpaired) electrons. The molecule has 5 nitrogen and oxygen atoms in total. The summed E-state index contributed by atoms with van der Waals surface area (Å²) < 4.78 is 6.74. The van der Waals surface area contributed by atoms with Crippen molar-refractivity contribution in [2.75, 3.05) is 0 Å². The monoisotopic (exact) mass is 634 g/mol. The van der Waals surface area contributed by atoms with Crippen LogP contribution in [0.25, 0.3) is 55.8 Å². The van der Waals surface area contributed by atoms with E-state index in [1.165, 1.54) is 5.56 Å². The summed E-state index contributed by atoms with van der Waals surface area (Å²) >= 11 is 0. The van der Waals surface area contributed by atoms with Crippen LogP contribution in [0.2, 0.25) is 0 Å². The van der Waals surface area contributed by atoms with Crippen molar-refractivity contribution in [1.82, 2.24) is 15.0 Å². The number of hydrogen-bond donors (Lipinski definition) is 0. The summed E-state index contributed by atoms with van der Waals surface area (Å²) in [5.41, 5.74) is 11.8. The number of benzene rings is 3. The lowest BCUT2D eigenvalue weighted by Crippen LogP contribution is -2.23. The lowest BCUT2D eigenvalue weighted by atomic mass is 9.74. The van der Waals surface area contributed by atoms with Crippen LogP contribution >= 0.6 is 0 Å². The van der Waals surface area contributed by atoms with Crippen LogP contribution in [-0.4, -0.2) is 20.7 Å². The van der Waals surface area contributed by atoms with Crippen LogP contribution in [0.15, 0.2) is 151 Å². The van der Waals surface area contributed by atoms with Crippen molar-refractivity contribution in [1.29, 1.82) is 0 Å². The molecule has 2 unspecified atom stereocenters. The third kappa shape index (κ3) is 5.01. The van der Waals surface area contributed by atoms with Gasteiger partial charge in [-0.15, -0.1) is 0 Å². The highest BCUT2D eigenvalue weighted by molar-refractivity contribution is 6.03. The summed E-state index contributed by atoms with van der Waals surface area (Å²) in [5.74, 6) is 2.24. The molecule has 0 fully saturated rings. The lowest BCUT2D eigenvalue weighted by Gasteiger charge is -2.26. The number of aliphatic imine (C=N–C) groups is 1. The standard InChI is InChI=1S/C44H34N4O/c1-28-20-23-46-36(24-28)38-27-32(26-37(47-38)34-17-7-9-22-45-34)30-14-10-15-31(25-30)33-16-11-18-35-40(33)41-43(42(48-35)29-12-4-3-5-13-29)49-39-19-6-8-21-44(39,41)2/h3-20,22-23,25-28H,21,24H2,1-2H3. The van der Waals surface area contributed by atoms with Crippen molar-refractivity contribution in [3.05, 3.63) is 157 Å². The molecule has 6 aromatic rings. The number of nitrogens with zero attached hydrogens (tertiary/aromatic N) is 4. The van der Waals surface area contributed by atoms with Gasteiger partial charge >= 0.3 is 0 Å². The van der Waals surface area contributed by atoms with Gasteiger partial charge < -0.3 is 4.74 Å². The largest absolute Gasteiger partial charge is 0.458 e. The molecule has 3 aliphatic rings. The molecule has 0 N–H and O–H groups in total. The smallest absolute Gasteiger partial charge is 0.158 e. The Morgan fingerprint density at radius 3 is 2.43 bits per heavy atom. The Hall–Kier alpha value is -5.94. The summed E-state index contributed by atoms with van der Waals surface area (Å²) in [4.78, 5) is 19.7. The van der Waals surface area contributed by atoms with E-state index in [0.717, 1.165) is 91.6 Å². The maximum absolute atomic E-state index is 6.74. The summed E-state index contributed by atoms with van der Waals surface area (Å²) in [5, 5.41) is 1.14. The van der Waals surface area contributed by atoms with Gasteiger partial charge in [0.05, 0.1) is 33.7 Å². The van der Waals surface area contributed by atoms with Gasteiger partial charge in [0, 0.05) is 28.9 Å². The molecule has 0 saturated carbocycles. The SMILES string of the molecule is CC1C=CN=C(c2cc(-c3cccc(-c4cccc5nc(-c6ccccc6)c6c(c45)C4(C)CC=CC=C4O6)c3)cc(-c3ccccn3)n2)C1. The Bertz CT molecular complexity index is 2390. The van der Waals surface area contributed by atoms with Gasteiger partial charge in [0.25, 0.3) is 0 Å². The van der Waals surface area contributed by atoms with Crippen molar-refractivity contribution in [2.45, 2.75) is 32.1 Å². The number of hydrogen-bond acceptors (Lipinski definition) is 5. The normalized spacial score (nSPS) is 19.2. The van der Waals surface area contributed by atoms with E-state index in [1.54, 1.807) is 0 Å². The maximum Gasteiger partial charge on any atom is 0.158 e. The first-order chi connectivity index (χ1) is 24.0. The van der Waals surface area contributed by atoms with Crippen LogP contribution in [0, 0.1) is 5.92 Å². The van der Waals surface area contributed by atoms with Crippen molar-refractivity contribution in [3.8, 4) is 50.6 Å². The van der Waals surface area contributed by atoms with Gasteiger partial charge in [0.2, 0.25) is 0 Å². The fraction of sp³-hybridized carbons (Fsp3) is 0.136. The highest BCUT2D eigenvalue weighted by Gasteiger charge is 2.45. The van der Waals surface area contributed by atoms with Crippen LogP contribution in [-0.2, 0) is 5.41 Å². The van der Waals surface area contributed by atoms with Gasteiger partial charge in [-0.3, -0.25) is 9.98 Å². The maximum atomic E-state index is 6.74. The van der Waals surface area contributed by atoms with Gasteiger partial charge in [0.1, 0.15) is 11.5 Å². The van der Waals surface area contributed by atoms with E-state index < -0.39 is 0 Å². The quantitative estimate of drug-likeness (QED) is 0.189. The molecule has 0 spiro atoms. The Kier molecular flexibility index (Phi) is 6.94. The first kappa shape index (κ1) is 29.2. The van der Waals surface area contributed by atoms with E-state index in [9.17, 15) is 0 Å². The average Bonchev–Trinajstić information content (AvgIpc) is 3.48. The molecule has 9 rings (SSSR count). The summed E-state index contributed by atoms with van der Waals surface area (Å²) in [6, 6.07) is 35.9. The van der Waals surface area contributed by atoms with Crippen LogP contribution in [0.1, 0.15) is 37.9 Å². The second-order valence-corrected chi connectivity index (χ2v) is 13.3. The van der Waals surface area contributed by atoms with Crippen LogP contribution < -0.4 is 4.74 Å². The van der Waals surface area contributed by atoms with Crippen LogP contribution in [0.5, 0.6) is 5.75 Å². The van der Waals surface area contributed by atoms with Crippen molar-refractivity contribution >= 4 is 16.6 Å². The van der Waals surface area contributed by atoms with E-state index in [-0.39, 0.29) is 5.41 Å². The van der Waals surface area contributed by atoms with Crippen molar-refractivity contribution in [2.24, 2.45) is 10.9 Å². The number of ether oxygens (including phenoxy) is 1. The number of pyridine rings is 3. The van der Waals surface area contributed by atoms with Crippen LogP contribution in [0.4, 0.5) is 0 Å². The van der Waals surface area contributed by atoms with E-state index in [2.05, 4.69) is 122 Å². The molecule has 1 aliphatic carbocycles. The van der Waals surface area contributed by atoms with Crippen molar-refractivity contribution < 1.29 is 4.74 Å². The average molecular weight is 635 g/mol. The molecule has 3 aromatic carbocycles. The zero-order valence-corrected chi connectivity index (χ0v) is 27.5. The molecule has 0 saturated heterocycles. The predicted molar refractivity (Wildman–Crippen MR) is 198 cm³/mol. The number of allylic oxidation sites excluding steroid dienone is 5. The molecular weight excluding hydrogens is 601 g/mol. The third-order valence-electron chi connectivity index (χ3n) is 9.95. The number of fused-ring (bicyclic) bond motifs is 5. The van der Waals surface area contributed by atoms with E-state index in [1.807, 2.05) is 36.7 Å². The molecule has 3 aromatic heterocycles. The summed E-state index contributed by atoms with van der Waals surface area (Å²) in [7, 11) is 0. The zero-order valence-electron chi connectivity index (χ0n) is 27.5. The van der Waals surface area contributed by atoms with E-state index in [4.69, 9.17) is 19.7 Å². The van der Waals surface area contributed by atoms with Crippen LogP contribution in [0.3, 0.4) is 0 Å². The Morgan fingerprint density at radius 2 is 1.57 bits per heavy atom. The van der Waals surface area contributed by atoms with Gasteiger partial charge in [-0.1, -0.05) is 91.9 Å². The number of rotatable bonds is 5. The summed E-state index contributed by atoms with van der Waals surface area (Å²) in [6.45, 7) is 4.52. The first-order valence-electron chi connectivity index (χ1n) is 16.9. The third-order valence-corrected chi connectivity index (χ3v) is 9.95. The molecule has 0 bridgehead atoms. The minimum atomic E-state index is -0.299. The second-order valence-electron chi connectivity index (χ2n) is 13.3. The minimum Gasteiger partial charge on any atom is -0.458 e. The van der Waals surface area contributed by atoms with Crippen molar-refractivity contribution in [3.63, 3.8) is 0 Å². The molecule has 236 valence electrons.